The SMILES string of the molecule is CSc1nc2cc(C(=O)N3CCCN3C(=O)c3nn(-c4ccccc4)nc3C)ccc2c(=O)n1C. The van der Waals surface area contributed by atoms with E-state index in [4.69, 9.17) is 0 Å². The van der Waals surface area contributed by atoms with Crippen LogP contribution >= 0.6 is 11.8 Å². The van der Waals surface area contributed by atoms with Gasteiger partial charge in [-0.1, -0.05) is 30.0 Å². The highest BCUT2D eigenvalue weighted by Crippen LogP contribution is 2.21. The number of rotatable bonds is 4. The molecule has 0 atom stereocenters. The van der Waals surface area contributed by atoms with Crippen molar-refractivity contribution in [2.45, 2.75) is 18.5 Å². The lowest BCUT2D eigenvalue weighted by atomic mass is 10.1. The van der Waals surface area contributed by atoms with Crippen LogP contribution in [0.3, 0.4) is 0 Å². The number of hydrazine groups is 1. The average Bonchev–Trinajstić information content (AvgIpc) is 3.52. The Bertz CT molecular complexity index is 1510. The van der Waals surface area contributed by atoms with E-state index in [0.717, 1.165) is 5.69 Å². The summed E-state index contributed by atoms with van der Waals surface area (Å²) in [6.45, 7) is 2.51. The normalized spacial score (nSPS) is 13.6. The predicted molar refractivity (Wildman–Crippen MR) is 132 cm³/mol. The van der Waals surface area contributed by atoms with Gasteiger partial charge in [-0.25, -0.2) is 15.0 Å². The van der Waals surface area contributed by atoms with E-state index in [9.17, 15) is 14.4 Å². The van der Waals surface area contributed by atoms with Crippen LogP contribution < -0.4 is 5.56 Å². The number of benzene rings is 2. The third-order valence-electron chi connectivity index (χ3n) is 5.94. The zero-order valence-electron chi connectivity index (χ0n) is 19.5. The van der Waals surface area contributed by atoms with E-state index >= 15 is 0 Å². The first-order valence-electron chi connectivity index (χ1n) is 11.1. The Kier molecular flexibility index (Phi) is 5.85. The lowest BCUT2D eigenvalue weighted by Gasteiger charge is -2.27. The Morgan fingerprint density at radius 3 is 2.40 bits per heavy atom. The van der Waals surface area contributed by atoms with Crippen LogP contribution in [-0.4, -0.2) is 65.7 Å². The first-order valence-corrected chi connectivity index (χ1v) is 12.3. The highest BCUT2D eigenvalue weighted by molar-refractivity contribution is 7.98. The van der Waals surface area contributed by atoms with Gasteiger partial charge in [0.1, 0.15) is 0 Å². The Balaban J connectivity index is 1.45. The van der Waals surface area contributed by atoms with E-state index in [1.165, 1.54) is 31.1 Å². The molecule has 0 bridgehead atoms. The summed E-state index contributed by atoms with van der Waals surface area (Å²) in [5.74, 6) is -0.716. The molecule has 5 rings (SSSR count). The summed E-state index contributed by atoms with van der Waals surface area (Å²) in [5, 5.41) is 12.6. The van der Waals surface area contributed by atoms with Crippen LogP contribution in [0.1, 0.15) is 33.0 Å². The zero-order valence-corrected chi connectivity index (χ0v) is 20.3. The summed E-state index contributed by atoms with van der Waals surface area (Å²) in [7, 11) is 1.67. The maximum Gasteiger partial charge on any atom is 0.294 e. The second-order valence-electron chi connectivity index (χ2n) is 8.16. The third-order valence-corrected chi connectivity index (χ3v) is 6.67. The number of para-hydroxylation sites is 1. The molecule has 1 saturated heterocycles. The zero-order chi connectivity index (χ0) is 24.7. The van der Waals surface area contributed by atoms with Crippen LogP contribution in [0, 0.1) is 6.92 Å². The molecular weight excluding hydrogens is 466 g/mol. The molecule has 1 aliphatic heterocycles. The molecule has 0 spiro atoms. The minimum atomic E-state index is -0.381. The number of hydrogen-bond donors (Lipinski definition) is 0. The number of hydrogen-bond acceptors (Lipinski definition) is 7. The lowest BCUT2D eigenvalue weighted by molar-refractivity contribution is 0.0181. The Morgan fingerprint density at radius 2 is 1.69 bits per heavy atom. The third kappa shape index (κ3) is 3.97. The number of nitrogens with zero attached hydrogens (tertiary/aromatic N) is 7. The molecule has 2 amide bonds. The van der Waals surface area contributed by atoms with E-state index < -0.39 is 0 Å². The number of carbonyl (C=O) groups is 2. The summed E-state index contributed by atoms with van der Waals surface area (Å²) in [4.78, 5) is 45.4. The van der Waals surface area contributed by atoms with Crippen LogP contribution in [0.4, 0.5) is 0 Å². The quantitative estimate of drug-likeness (QED) is 0.320. The molecule has 2 aromatic heterocycles. The second kappa shape index (κ2) is 8.99. The number of aromatic nitrogens is 5. The molecule has 35 heavy (non-hydrogen) atoms. The van der Waals surface area contributed by atoms with Crippen molar-refractivity contribution in [3.63, 3.8) is 0 Å². The molecule has 0 saturated carbocycles. The van der Waals surface area contributed by atoms with Crippen LogP contribution in [-0.2, 0) is 7.05 Å². The summed E-state index contributed by atoms with van der Waals surface area (Å²) < 4.78 is 1.49. The maximum atomic E-state index is 13.4. The van der Waals surface area contributed by atoms with E-state index in [0.29, 0.717) is 46.8 Å². The average molecular weight is 490 g/mol. The summed E-state index contributed by atoms with van der Waals surface area (Å²) in [6.07, 6.45) is 2.48. The fraction of sp³-hybridized carbons (Fsp3) is 0.250. The second-order valence-corrected chi connectivity index (χ2v) is 8.94. The van der Waals surface area contributed by atoms with Crippen molar-refractivity contribution in [1.82, 2.24) is 34.6 Å². The van der Waals surface area contributed by atoms with Crippen molar-refractivity contribution in [1.29, 1.82) is 0 Å². The van der Waals surface area contributed by atoms with Gasteiger partial charge in [-0.3, -0.25) is 19.0 Å². The first-order chi connectivity index (χ1) is 16.9. The summed E-state index contributed by atoms with van der Waals surface area (Å²) in [6, 6.07) is 14.1. The molecule has 11 heteroatoms. The molecule has 4 aromatic rings. The van der Waals surface area contributed by atoms with Crippen molar-refractivity contribution in [3.05, 3.63) is 75.8 Å². The molecule has 1 fully saturated rings. The smallest absolute Gasteiger partial charge is 0.290 e. The number of thioether (sulfide) groups is 1. The van der Waals surface area contributed by atoms with Gasteiger partial charge in [-0.05, 0) is 49.9 Å². The van der Waals surface area contributed by atoms with E-state index in [2.05, 4.69) is 15.2 Å². The number of amides is 2. The molecule has 3 heterocycles. The van der Waals surface area contributed by atoms with Gasteiger partial charge < -0.3 is 0 Å². The molecule has 0 radical (unpaired) electrons. The maximum absolute atomic E-state index is 13.4. The molecule has 178 valence electrons. The van der Waals surface area contributed by atoms with Crippen molar-refractivity contribution in [3.8, 4) is 5.69 Å². The summed E-state index contributed by atoms with van der Waals surface area (Å²) in [5.41, 5.74) is 2.05. The Hall–Kier alpha value is -3.99. The van der Waals surface area contributed by atoms with Crippen LogP contribution in [0.5, 0.6) is 0 Å². The first kappa shape index (κ1) is 22.8. The molecule has 0 aliphatic carbocycles. The molecule has 1 aliphatic rings. The number of carbonyl (C=O) groups excluding carboxylic acids is 2. The largest absolute Gasteiger partial charge is 0.294 e. The summed E-state index contributed by atoms with van der Waals surface area (Å²) >= 11 is 1.36. The van der Waals surface area contributed by atoms with Crippen LogP contribution in [0.2, 0.25) is 0 Å². The fourth-order valence-electron chi connectivity index (χ4n) is 4.12. The van der Waals surface area contributed by atoms with Gasteiger partial charge in [0.15, 0.2) is 10.9 Å². The van der Waals surface area contributed by atoms with Crippen molar-refractivity contribution in [2.75, 3.05) is 19.3 Å². The number of fused-ring (bicyclic) bond motifs is 1. The monoisotopic (exact) mass is 489 g/mol. The molecule has 0 N–H and O–H groups in total. The molecule has 2 aromatic carbocycles. The molecular formula is C24H23N7O3S. The lowest BCUT2D eigenvalue weighted by Crippen LogP contribution is -2.45. The number of aryl methyl sites for hydroxylation is 1. The van der Waals surface area contributed by atoms with Gasteiger partial charge in [0.2, 0.25) is 0 Å². The van der Waals surface area contributed by atoms with Crippen LogP contribution in [0.25, 0.3) is 16.6 Å². The van der Waals surface area contributed by atoms with E-state index in [1.807, 2.05) is 36.6 Å². The van der Waals surface area contributed by atoms with E-state index in [-0.39, 0.29) is 23.1 Å². The van der Waals surface area contributed by atoms with Gasteiger partial charge in [-0.2, -0.15) is 9.90 Å². The van der Waals surface area contributed by atoms with Gasteiger partial charge in [0.25, 0.3) is 17.4 Å². The Morgan fingerprint density at radius 1 is 0.971 bits per heavy atom. The van der Waals surface area contributed by atoms with E-state index in [1.54, 1.807) is 32.2 Å². The predicted octanol–water partition coefficient (Wildman–Crippen LogP) is 2.45. The van der Waals surface area contributed by atoms with Gasteiger partial charge in [-0.15, -0.1) is 5.10 Å². The fourth-order valence-corrected chi connectivity index (χ4v) is 4.67. The van der Waals surface area contributed by atoms with Crippen molar-refractivity contribution >= 4 is 34.5 Å². The molecule has 10 nitrogen and oxygen atoms in total. The van der Waals surface area contributed by atoms with Crippen molar-refractivity contribution < 1.29 is 9.59 Å². The highest BCUT2D eigenvalue weighted by Gasteiger charge is 2.34. The van der Waals surface area contributed by atoms with Crippen molar-refractivity contribution in [2.24, 2.45) is 7.05 Å². The van der Waals surface area contributed by atoms with Gasteiger partial charge >= 0.3 is 0 Å². The Labute approximate surface area is 205 Å². The molecule has 0 unspecified atom stereocenters. The minimum Gasteiger partial charge on any atom is -0.290 e. The highest BCUT2D eigenvalue weighted by atomic mass is 32.2. The topological polar surface area (TPSA) is 106 Å². The van der Waals surface area contributed by atoms with Gasteiger partial charge in [0, 0.05) is 25.7 Å². The van der Waals surface area contributed by atoms with Crippen LogP contribution in [0.15, 0.2) is 58.5 Å². The standard InChI is InChI=1S/C24H23N7O3S/c1-15-20(27-31(26-15)17-8-5-4-6-9-17)23(34)30-13-7-12-29(30)21(32)16-10-11-18-19(14-16)25-24(35-3)28(2)22(18)33/h4-6,8-11,14H,7,12-13H2,1-3H3. The van der Waals surface area contributed by atoms with Gasteiger partial charge in [0.05, 0.1) is 22.3 Å². The minimum absolute atomic E-state index is 0.173.